The van der Waals surface area contributed by atoms with Crippen LogP contribution < -0.4 is 0 Å². The number of nitrogens with one attached hydrogen (secondary N) is 1. The van der Waals surface area contributed by atoms with E-state index >= 15 is 0 Å². The van der Waals surface area contributed by atoms with Gasteiger partial charge in [0.05, 0.1) is 6.10 Å². The summed E-state index contributed by atoms with van der Waals surface area (Å²) < 4.78 is 5.64. The number of rotatable bonds is 3. The first-order chi connectivity index (χ1) is 6.84. The molecule has 0 aliphatic carbocycles. The second-order valence-corrected chi connectivity index (χ2v) is 3.86. The van der Waals surface area contributed by atoms with Crippen molar-refractivity contribution in [2.45, 2.75) is 45.1 Å². The van der Waals surface area contributed by atoms with Gasteiger partial charge >= 0.3 is 0 Å². The van der Waals surface area contributed by atoms with Crippen LogP contribution in [0.1, 0.15) is 37.3 Å². The molecule has 0 radical (unpaired) electrons. The molecule has 78 valence electrons. The van der Waals surface area contributed by atoms with Gasteiger partial charge in [-0.15, -0.1) is 0 Å². The minimum Gasteiger partial charge on any atom is -0.378 e. The predicted octanol–water partition coefficient (Wildman–Crippen LogP) is 1.61. The lowest BCUT2D eigenvalue weighted by atomic mass is 10.0. The van der Waals surface area contributed by atoms with Gasteiger partial charge in [0.2, 0.25) is 0 Å². The molecular weight excluding hydrogens is 178 g/mol. The Morgan fingerprint density at radius 3 is 3.07 bits per heavy atom. The Kier molecular flexibility index (Phi) is 3.14. The van der Waals surface area contributed by atoms with Crippen molar-refractivity contribution in [3.05, 3.63) is 11.6 Å². The number of H-pyrrole nitrogens is 1. The van der Waals surface area contributed by atoms with E-state index in [2.05, 4.69) is 15.2 Å². The van der Waals surface area contributed by atoms with E-state index in [1.54, 1.807) is 0 Å². The Morgan fingerprint density at radius 1 is 1.50 bits per heavy atom. The van der Waals surface area contributed by atoms with Gasteiger partial charge in [-0.25, -0.2) is 4.98 Å². The summed E-state index contributed by atoms with van der Waals surface area (Å²) in [6, 6.07) is 0. The highest BCUT2D eigenvalue weighted by atomic mass is 16.5. The van der Waals surface area contributed by atoms with E-state index < -0.39 is 0 Å². The molecule has 2 rings (SSSR count). The number of nitrogens with zero attached hydrogens (tertiary/aromatic N) is 2. The third kappa shape index (κ3) is 2.54. The minimum atomic E-state index is 0.433. The fourth-order valence-corrected chi connectivity index (χ4v) is 1.83. The molecule has 1 fully saturated rings. The highest BCUT2D eigenvalue weighted by Crippen LogP contribution is 2.16. The first-order valence-corrected chi connectivity index (χ1v) is 5.34. The number of aromatic amines is 1. The topological polar surface area (TPSA) is 50.8 Å². The van der Waals surface area contributed by atoms with Crippen LogP contribution in [0.3, 0.4) is 0 Å². The highest BCUT2D eigenvalue weighted by Gasteiger charge is 2.14. The van der Waals surface area contributed by atoms with Crippen molar-refractivity contribution in [3.63, 3.8) is 0 Å². The lowest BCUT2D eigenvalue weighted by Gasteiger charge is -2.21. The van der Waals surface area contributed by atoms with E-state index in [9.17, 15) is 0 Å². The van der Waals surface area contributed by atoms with Gasteiger partial charge in [-0.05, 0) is 32.6 Å². The van der Waals surface area contributed by atoms with Crippen molar-refractivity contribution >= 4 is 0 Å². The monoisotopic (exact) mass is 195 g/mol. The molecule has 1 aromatic heterocycles. The lowest BCUT2D eigenvalue weighted by molar-refractivity contribution is 0.0112. The average Bonchev–Trinajstić information content (AvgIpc) is 2.63. The third-order valence-corrected chi connectivity index (χ3v) is 2.61. The molecule has 0 aromatic carbocycles. The Morgan fingerprint density at radius 2 is 2.43 bits per heavy atom. The van der Waals surface area contributed by atoms with Crippen LogP contribution in [0, 0.1) is 6.92 Å². The van der Waals surface area contributed by atoms with Crippen LogP contribution in [0.5, 0.6) is 0 Å². The smallest absolute Gasteiger partial charge is 0.150 e. The molecule has 14 heavy (non-hydrogen) atoms. The minimum absolute atomic E-state index is 0.433. The first-order valence-electron chi connectivity index (χ1n) is 5.34. The summed E-state index contributed by atoms with van der Waals surface area (Å²) >= 11 is 0. The molecule has 0 amide bonds. The summed E-state index contributed by atoms with van der Waals surface area (Å²) in [6.07, 6.45) is 6.13. The normalized spacial score (nSPS) is 22.5. The fraction of sp³-hybridized carbons (Fsp3) is 0.800. The Bertz CT molecular complexity index is 279. The van der Waals surface area contributed by atoms with Gasteiger partial charge in [0.25, 0.3) is 0 Å². The zero-order chi connectivity index (χ0) is 9.80. The number of hydrogen-bond acceptors (Lipinski definition) is 3. The molecule has 1 aliphatic rings. The largest absolute Gasteiger partial charge is 0.378 e. The molecule has 2 heterocycles. The molecule has 1 unspecified atom stereocenters. The summed E-state index contributed by atoms with van der Waals surface area (Å²) in [5.74, 6) is 1.81. The van der Waals surface area contributed by atoms with E-state index in [-0.39, 0.29) is 0 Å². The van der Waals surface area contributed by atoms with Gasteiger partial charge in [-0.3, -0.25) is 5.10 Å². The molecule has 1 N–H and O–H groups in total. The maximum Gasteiger partial charge on any atom is 0.150 e. The molecule has 1 aromatic rings. The molecule has 0 spiro atoms. The zero-order valence-electron chi connectivity index (χ0n) is 8.62. The van der Waals surface area contributed by atoms with E-state index in [0.717, 1.165) is 31.1 Å². The van der Waals surface area contributed by atoms with Crippen LogP contribution in [0.25, 0.3) is 0 Å². The molecule has 4 heteroatoms. The lowest BCUT2D eigenvalue weighted by Crippen LogP contribution is -2.19. The van der Waals surface area contributed by atoms with Gasteiger partial charge in [0.1, 0.15) is 5.82 Å². The van der Waals surface area contributed by atoms with Gasteiger partial charge in [0, 0.05) is 13.0 Å². The van der Waals surface area contributed by atoms with Crippen molar-refractivity contribution < 1.29 is 4.74 Å². The second-order valence-electron chi connectivity index (χ2n) is 3.86. The highest BCUT2D eigenvalue weighted by molar-refractivity contribution is 4.88. The summed E-state index contributed by atoms with van der Waals surface area (Å²) in [5.41, 5.74) is 0. The summed E-state index contributed by atoms with van der Waals surface area (Å²) in [5, 5.41) is 6.96. The molecule has 4 nitrogen and oxygen atoms in total. The molecular formula is C10H17N3O. The third-order valence-electron chi connectivity index (χ3n) is 2.61. The fourth-order valence-electron chi connectivity index (χ4n) is 1.83. The van der Waals surface area contributed by atoms with Crippen molar-refractivity contribution in [3.8, 4) is 0 Å². The number of ether oxygens (including phenoxy) is 1. The van der Waals surface area contributed by atoms with Gasteiger partial charge in [-0.1, -0.05) is 0 Å². The SMILES string of the molecule is Cc1nc(CCC2CCCCO2)n[nH]1. The van der Waals surface area contributed by atoms with Crippen molar-refractivity contribution in [2.24, 2.45) is 0 Å². The number of aryl methyl sites for hydroxylation is 2. The van der Waals surface area contributed by atoms with E-state index in [4.69, 9.17) is 4.74 Å². The second kappa shape index (κ2) is 4.55. The van der Waals surface area contributed by atoms with Gasteiger partial charge < -0.3 is 4.74 Å². The average molecular weight is 195 g/mol. The number of aromatic nitrogens is 3. The zero-order valence-corrected chi connectivity index (χ0v) is 8.62. The van der Waals surface area contributed by atoms with Crippen LogP contribution in [0.15, 0.2) is 0 Å². The summed E-state index contributed by atoms with van der Waals surface area (Å²) in [6.45, 7) is 2.85. The Labute approximate surface area is 84.1 Å². The van der Waals surface area contributed by atoms with Crippen molar-refractivity contribution in [1.29, 1.82) is 0 Å². The predicted molar refractivity (Wildman–Crippen MR) is 53.0 cm³/mol. The Balaban J connectivity index is 1.76. The van der Waals surface area contributed by atoms with Crippen LogP contribution in [0.4, 0.5) is 0 Å². The molecule has 1 atom stereocenters. The van der Waals surface area contributed by atoms with Crippen LogP contribution in [-0.2, 0) is 11.2 Å². The standard InChI is InChI=1S/C10H17N3O/c1-8-11-10(13-12-8)6-5-9-4-2-3-7-14-9/h9H,2-7H2,1H3,(H,11,12,13). The van der Waals surface area contributed by atoms with E-state index in [0.29, 0.717) is 6.10 Å². The van der Waals surface area contributed by atoms with Crippen LogP contribution in [0.2, 0.25) is 0 Å². The van der Waals surface area contributed by atoms with Crippen LogP contribution in [-0.4, -0.2) is 27.9 Å². The van der Waals surface area contributed by atoms with Crippen LogP contribution >= 0.6 is 0 Å². The molecule has 1 aliphatic heterocycles. The van der Waals surface area contributed by atoms with Gasteiger partial charge in [0.15, 0.2) is 5.82 Å². The van der Waals surface area contributed by atoms with Gasteiger partial charge in [-0.2, -0.15) is 5.10 Å². The van der Waals surface area contributed by atoms with Crippen molar-refractivity contribution in [1.82, 2.24) is 15.2 Å². The first kappa shape index (κ1) is 9.65. The van der Waals surface area contributed by atoms with E-state index in [1.165, 1.54) is 19.3 Å². The summed E-state index contributed by atoms with van der Waals surface area (Å²) in [7, 11) is 0. The number of hydrogen-bond donors (Lipinski definition) is 1. The Hall–Kier alpha value is -0.900. The summed E-state index contributed by atoms with van der Waals surface area (Å²) in [4.78, 5) is 4.27. The maximum absolute atomic E-state index is 5.64. The quantitative estimate of drug-likeness (QED) is 0.797. The molecule has 1 saturated heterocycles. The van der Waals surface area contributed by atoms with E-state index in [1.807, 2.05) is 6.92 Å². The molecule has 0 saturated carbocycles. The maximum atomic E-state index is 5.64. The molecule has 0 bridgehead atoms. The van der Waals surface area contributed by atoms with Crippen molar-refractivity contribution in [2.75, 3.05) is 6.61 Å².